The Morgan fingerprint density at radius 1 is 0.880 bits per heavy atom. The number of pyridine rings is 1. The third-order valence-electron chi connectivity index (χ3n) is 4.12. The molecule has 2 aromatic carbocycles. The van der Waals surface area contributed by atoms with Crippen molar-refractivity contribution in [1.82, 2.24) is 4.98 Å². The summed E-state index contributed by atoms with van der Waals surface area (Å²) in [7, 11) is 0. The monoisotopic (exact) mass is 335 g/mol. The van der Waals surface area contributed by atoms with E-state index in [0.29, 0.717) is 6.61 Å². The average Bonchev–Trinajstić information content (AvgIpc) is 2.69. The quantitative estimate of drug-likeness (QED) is 0.694. The lowest BCUT2D eigenvalue weighted by Gasteiger charge is -2.21. The molecule has 0 spiro atoms. The predicted molar refractivity (Wildman–Crippen MR) is 96.7 cm³/mol. The molecule has 0 aliphatic heterocycles. The van der Waals surface area contributed by atoms with Gasteiger partial charge in [0, 0.05) is 11.8 Å². The van der Waals surface area contributed by atoms with Crippen LogP contribution >= 0.6 is 0 Å². The number of rotatable bonds is 7. The number of benzene rings is 2. The number of aliphatic hydroxyl groups excluding tert-OH is 2. The van der Waals surface area contributed by atoms with Crippen molar-refractivity contribution in [2.75, 3.05) is 6.61 Å². The molecule has 0 saturated heterocycles. The Morgan fingerprint density at radius 2 is 1.68 bits per heavy atom. The van der Waals surface area contributed by atoms with Gasteiger partial charge in [0.05, 0.1) is 25.5 Å². The smallest absolute Gasteiger partial charge is 0.106 e. The zero-order valence-corrected chi connectivity index (χ0v) is 13.9. The summed E-state index contributed by atoms with van der Waals surface area (Å²) in [5.74, 6) is 0. The van der Waals surface area contributed by atoms with Crippen LogP contribution in [0.2, 0.25) is 0 Å². The maximum Gasteiger partial charge on any atom is 0.106 e. The number of nitrogens with zero attached hydrogens (tertiary/aromatic N) is 1. The first-order valence-corrected chi connectivity index (χ1v) is 8.24. The number of ether oxygens (including phenoxy) is 1. The van der Waals surface area contributed by atoms with E-state index in [2.05, 4.69) is 4.98 Å². The molecule has 1 atom stereocenters. The highest BCUT2D eigenvalue weighted by Gasteiger charge is 2.18. The van der Waals surface area contributed by atoms with Crippen molar-refractivity contribution in [2.45, 2.75) is 19.3 Å². The molecule has 1 aromatic heterocycles. The number of hydrogen-bond donors (Lipinski definition) is 2. The van der Waals surface area contributed by atoms with Crippen molar-refractivity contribution in [3.05, 3.63) is 89.6 Å². The Labute approximate surface area is 147 Å². The summed E-state index contributed by atoms with van der Waals surface area (Å²) in [6.45, 7) is 0.0868. The van der Waals surface area contributed by atoms with E-state index in [9.17, 15) is 10.2 Å². The molecule has 128 valence electrons. The summed E-state index contributed by atoms with van der Waals surface area (Å²) in [6, 6.07) is 21.2. The summed E-state index contributed by atoms with van der Waals surface area (Å²) in [5.41, 5.74) is 4.18. The highest BCUT2D eigenvalue weighted by atomic mass is 16.5. The van der Waals surface area contributed by atoms with Crippen molar-refractivity contribution < 1.29 is 14.9 Å². The van der Waals surface area contributed by atoms with Crippen molar-refractivity contribution in [2.24, 2.45) is 0 Å². The topological polar surface area (TPSA) is 62.6 Å². The molecule has 0 radical (unpaired) electrons. The van der Waals surface area contributed by atoms with E-state index in [1.165, 1.54) is 0 Å². The van der Waals surface area contributed by atoms with Gasteiger partial charge in [-0.15, -0.1) is 0 Å². The molecule has 0 fully saturated rings. The lowest BCUT2D eigenvalue weighted by molar-refractivity contribution is 0.0000834. The van der Waals surface area contributed by atoms with Crippen molar-refractivity contribution in [1.29, 1.82) is 0 Å². The fourth-order valence-corrected chi connectivity index (χ4v) is 2.86. The Morgan fingerprint density at radius 3 is 2.36 bits per heavy atom. The van der Waals surface area contributed by atoms with Gasteiger partial charge in [-0.25, -0.2) is 0 Å². The molecule has 4 nitrogen and oxygen atoms in total. The minimum atomic E-state index is -0.508. The van der Waals surface area contributed by atoms with Crippen LogP contribution in [-0.2, 0) is 18.0 Å². The van der Waals surface area contributed by atoms with Gasteiger partial charge in [-0.2, -0.15) is 0 Å². The molecule has 2 N–H and O–H groups in total. The van der Waals surface area contributed by atoms with E-state index in [0.717, 1.165) is 27.9 Å². The molecule has 0 amide bonds. The zero-order chi connectivity index (χ0) is 17.5. The second-order valence-corrected chi connectivity index (χ2v) is 5.71. The molecule has 25 heavy (non-hydrogen) atoms. The molecule has 0 unspecified atom stereocenters. The number of hydrogen-bond acceptors (Lipinski definition) is 4. The Bertz CT molecular complexity index is 791. The van der Waals surface area contributed by atoms with Crippen molar-refractivity contribution in [3.8, 4) is 11.3 Å². The fourth-order valence-electron chi connectivity index (χ4n) is 2.86. The molecule has 0 aliphatic carbocycles. The molecular weight excluding hydrogens is 314 g/mol. The number of aromatic nitrogens is 1. The second kappa shape index (κ2) is 8.53. The van der Waals surface area contributed by atoms with Gasteiger partial charge in [-0.3, -0.25) is 4.98 Å². The largest absolute Gasteiger partial charge is 0.393 e. The predicted octanol–water partition coefficient (Wildman–Crippen LogP) is 3.49. The van der Waals surface area contributed by atoms with Gasteiger partial charge in [0.25, 0.3) is 0 Å². The van der Waals surface area contributed by atoms with E-state index in [4.69, 9.17) is 4.74 Å². The first-order valence-electron chi connectivity index (χ1n) is 8.24. The maximum atomic E-state index is 9.93. The van der Waals surface area contributed by atoms with Crippen LogP contribution in [0.3, 0.4) is 0 Å². The van der Waals surface area contributed by atoms with Crippen LogP contribution in [0.5, 0.6) is 0 Å². The first kappa shape index (κ1) is 17.3. The zero-order valence-electron chi connectivity index (χ0n) is 13.9. The van der Waals surface area contributed by atoms with Crippen molar-refractivity contribution >= 4 is 0 Å². The Kier molecular flexibility index (Phi) is 5.90. The molecule has 4 heteroatoms. The Balaban J connectivity index is 1.89. The van der Waals surface area contributed by atoms with E-state index >= 15 is 0 Å². The molecule has 0 aliphatic rings. The lowest BCUT2D eigenvalue weighted by Crippen LogP contribution is -2.12. The molecule has 1 heterocycles. The van der Waals surface area contributed by atoms with Crippen LogP contribution in [-0.4, -0.2) is 21.8 Å². The number of aliphatic hydroxyl groups is 2. The summed E-state index contributed by atoms with van der Waals surface area (Å²) < 4.78 is 5.92. The van der Waals surface area contributed by atoms with Gasteiger partial charge in [-0.1, -0.05) is 54.6 Å². The molecule has 0 bridgehead atoms. The standard InChI is InChI=1S/C21H21NO3/c23-13-19-17(20-11-4-5-12-22-20)9-6-10-18(19)21(14-24)25-15-16-7-2-1-3-8-16/h1-12,21,23-24H,13-15H2/t21-/m1/s1. The minimum Gasteiger partial charge on any atom is -0.393 e. The first-order chi connectivity index (χ1) is 12.3. The van der Waals surface area contributed by atoms with Gasteiger partial charge in [0.2, 0.25) is 0 Å². The highest BCUT2D eigenvalue weighted by molar-refractivity contribution is 5.65. The lowest BCUT2D eigenvalue weighted by atomic mass is 9.95. The van der Waals surface area contributed by atoms with E-state index in [-0.39, 0.29) is 13.2 Å². The van der Waals surface area contributed by atoms with Crippen LogP contribution in [0.25, 0.3) is 11.3 Å². The Hall–Kier alpha value is -2.53. The van der Waals surface area contributed by atoms with E-state index in [1.807, 2.05) is 66.7 Å². The van der Waals surface area contributed by atoms with Crippen molar-refractivity contribution in [3.63, 3.8) is 0 Å². The second-order valence-electron chi connectivity index (χ2n) is 5.71. The van der Waals surface area contributed by atoms with E-state index < -0.39 is 6.10 Å². The van der Waals surface area contributed by atoms with Crippen LogP contribution in [0.1, 0.15) is 22.8 Å². The fraction of sp³-hybridized carbons (Fsp3) is 0.190. The third kappa shape index (κ3) is 4.12. The normalized spacial score (nSPS) is 12.1. The summed E-state index contributed by atoms with van der Waals surface area (Å²) in [6.07, 6.45) is 1.21. The van der Waals surface area contributed by atoms with Crippen LogP contribution in [0.15, 0.2) is 72.9 Å². The molecule has 0 saturated carbocycles. The molecule has 3 rings (SSSR count). The summed E-state index contributed by atoms with van der Waals surface area (Å²) >= 11 is 0. The maximum absolute atomic E-state index is 9.93. The summed E-state index contributed by atoms with van der Waals surface area (Å²) in [4.78, 5) is 4.36. The van der Waals surface area contributed by atoms with Gasteiger partial charge < -0.3 is 14.9 Å². The van der Waals surface area contributed by atoms with Gasteiger partial charge in [0.15, 0.2) is 0 Å². The average molecular weight is 335 g/mol. The summed E-state index contributed by atoms with van der Waals surface area (Å²) in [5, 5.41) is 19.7. The van der Waals surface area contributed by atoms with Crippen LogP contribution < -0.4 is 0 Å². The highest BCUT2D eigenvalue weighted by Crippen LogP contribution is 2.30. The third-order valence-corrected chi connectivity index (χ3v) is 4.12. The van der Waals surface area contributed by atoms with Gasteiger partial charge in [0.1, 0.15) is 6.10 Å². The van der Waals surface area contributed by atoms with E-state index in [1.54, 1.807) is 6.20 Å². The van der Waals surface area contributed by atoms with Gasteiger partial charge >= 0.3 is 0 Å². The molecular formula is C21H21NO3. The SMILES string of the molecule is OCc1c(-c2ccccn2)cccc1[C@@H](CO)OCc1ccccc1. The minimum absolute atomic E-state index is 0.146. The van der Waals surface area contributed by atoms with Gasteiger partial charge in [-0.05, 0) is 28.8 Å². The van der Waals surface area contributed by atoms with Crippen LogP contribution in [0, 0.1) is 0 Å². The van der Waals surface area contributed by atoms with Crippen LogP contribution in [0.4, 0.5) is 0 Å². The molecule has 3 aromatic rings.